The maximum atomic E-state index is 12.8. The lowest BCUT2D eigenvalue weighted by molar-refractivity contribution is 0.0922. The van der Waals surface area contributed by atoms with Gasteiger partial charge in [-0.25, -0.2) is 0 Å². The summed E-state index contributed by atoms with van der Waals surface area (Å²) >= 11 is 0. The molecule has 2 heterocycles. The van der Waals surface area contributed by atoms with Crippen LogP contribution in [0.2, 0.25) is 0 Å². The van der Waals surface area contributed by atoms with Crippen LogP contribution in [0.1, 0.15) is 23.3 Å². The Morgan fingerprint density at radius 1 is 1.20 bits per heavy atom. The summed E-state index contributed by atoms with van der Waals surface area (Å²) < 4.78 is 6.02. The zero-order valence-corrected chi connectivity index (χ0v) is 16.3. The molecule has 0 bridgehead atoms. The van der Waals surface area contributed by atoms with Gasteiger partial charge in [0.2, 0.25) is 0 Å². The SMILES string of the molecule is N#CN1C[C@@H](NC(=O)c2cc(-c3ccccc3Oc3ccccc3)[nH]n2)C2(CC2)C1. The minimum Gasteiger partial charge on any atom is -0.457 e. The molecule has 0 unspecified atom stereocenters. The Morgan fingerprint density at radius 3 is 2.73 bits per heavy atom. The van der Waals surface area contributed by atoms with Gasteiger partial charge in [-0.05, 0) is 43.2 Å². The normalized spacial score (nSPS) is 18.8. The molecule has 0 radical (unpaired) electrons. The number of carbonyl (C=O) groups is 1. The van der Waals surface area contributed by atoms with Gasteiger partial charge in [-0.3, -0.25) is 9.89 Å². The van der Waals surface area contributed by atoms with Crippen molar-refractivity contribution in [1.82, 2.24) is 20.4 Å². The van der Waals surface area contributed by atoms with Gasteiger partial charge in [-0.2, -0.15) is 10.4 Å². The molecule has 2 aliphatic rings. The number of likely N-dealkylation sites (tertiary alicyclic amines) is 1. The van der Waals surface area contributed by atoms with Crippen LogP contribution in [0.25, 0.3) is 11.3 Å². The van der Waals surface area contributed by atoms with Gasteiger partial charge in [-0.15, -0.1) is 0 Å². The Kier molecular flexibility index (Phi) is 4.40. The van der Waals surface area contributed by atoms with E-state index in [4.69, 9.17) is 4.74 Å². The molecule has 1 atom stereocenters. The van der Waals surface area contributed by atoms with Crippen LogP contribution in [-0.2, 0) is 0 Å². The molecule has 1 aromatic heterocycles. The first-order valence-electron chi connectivity index (χ1n) is 10.0. The van der Waals surface area contributed by atoms with Gasteiger partial charge in [0, 0.05) is 24.1 Å². The van der Waals surface area contributed by atoms with Crippen molar-refractivity contribution in [3.05, 3.63) is 66.4 Å². The summed E-state index contributed by atoms with van der Waals surface area (Å²) in [5.74, 6) is 1.19. The highest BCUT2D eigenvalue weighted by atomic mass is 16.5. The molecule has 1 spiro atoms. The molecule has 5 rings (SSSR count). The predicted octanol–water partition coefficient (Wildman–Crippen LogP) is 3.54. The number of para-hydroxylation sites is 2. The molecule has 1 amide bonds. The summed E-state index contributed by atoms with van der Waals surface area (Å²) in [7, 11) is 0. The number of ether oxygens (including phenoxy) is 1. The van der Waals surface area contributed by atoms with Crippen molar-refractivity contribution in [1.29, 1.82) is 5.26 Å². The highest BCUT2D eigenvalue weighted by Crippen LogP contribution is 2.52. The van der Waals surface area contributed by atoms with E-state index in [1.165, 1.54) is 0 Å². The maximum absolute atomic E-state index is 12.8. The molecule has 3 aromatic rings. The first kappa shape index (κ1) is 18.3. The fraction of sp³-hybridized carbons (Fsp3) is 0.261. The largest absolute Gasteiger partial charge is 0.457 e. The van der Waals surface area contributed by atoms with E-state index < -0.39 is 0 Å². The minimum atomic E-state index is -0.227. The summed E-state index contributed by atoms with van der Waals surface area (Å²) in [4.78, 5) is 14.5. The van der Waals surface area contributed by atoms with Crippen LogP contribution < -0.4 is 10.1 Å². The number of hydrogen-bond donors (Lipinski definition) is 2. The van der Waals surface area contributed by atoms with Gasteiger partial charge in [0.1, 0.15) is 11.5 Å². The number of aromatic amines is 1. The molecule has 7 heteroatoms. The van der Waals surface area contributed by atoms with Gasteiger partial charge in [0.15, 0.2) is 11.9 Å². The smallest absolute Gasteiger partial charge is 0.272 e. The van der Waals surface area contributed by atoms with Gasteiger partial charge in [0.05, 0.1) is 11.7 Å². The molecule has 1 saturated heterocycles. The minimum absolute atomic E-state index is 0.0153. The fourth-order valence-electron chi connectivity index (χ4n) is 4.11. The summed E-state index contributed by atoms with van der Waals surface area (Å²) in [5, 5.41) is 19.5. The molecule has 1 aliphatic carbocycles. The number of aromatic nitrogens is 2. The van der Waals surface area contributed by atoms with E-state index in [1.54, 1.807) is 11.0 Å². The highest BCUT2D eigenvalue weighted by Gasteiger charge is 2.55. The Hall–Kier alpha value is -3.79. The predicted molar refractivity (Wildman–Crippen MR) is 111 cm³/mol. The first-order valence-corrected chi connectivity index (χ1v) is 10.0. The van der Waals surface area contributed by atoms with Crippen LogP contribution in [-0.4, -0.2) is 40.1 Å². The van der Waals surface area contributed by atoms with Gasteiger partial charge in [-0.1, -0.05) is 30.3 Å². The number of H-pyrrole nitrogens is 1. The van der Waals surface area contributed by atoms with Crippen molar-refractivity contribution in [2.75, 3.05) is 13.1 Å². The van der Waals surface area contributed by atoms with Crippen LogP contribution in [0, 0.1) is 16.9 Å². The Bertz CT molecular complexity index is 1110. The summed E-state index contributed by atoms with van der Waals surface area (Å²) in [5.41, 5.74) is 1.91. The molecule has 2 N–H and O–H groups in total. The first-order chi connectivity index (χ1) is 14.7. The molecule has 7 nitrogen and oxygen atoms in total. The van der Waals surface area contributed by atoms with E-state index >= 15 is 0 Å². The third-order valence-corrected chi connectivity index (χ3v) is 5.95. The molecule has 150 valence electrons. The second kappa shape index (κ2) is 7.23. The summed E-state index contributed by atoms with van der Waals surface area (Å²) in [6.07, 6.45) is 4.30. The standard InChI is InChI=1S/C23H21N5O2/c24-15-28-13-21(23(14-28)10-11-23)25-22(29)19-12-18(26-27-19)17-8-4-5-9-20(17)30-16-6-2-1-3-7-16/h1-9,12,21H,10-11,13-14H2,(H,25,29)(H,26,27)/t21-/m1/s1. The summed E-state index contributed by atoms with van der Waals surface area (Å²) in [6.45, 7) is 1.29. The third kappa shape index (κ3) is 3.37. The second-order valence-electron chi connectivity index (χ2n) is 7.95. The van der Waals surface area contributed by atoms with Crippen molar-refractivity contribution >= 4 is 5.91 Å². The van der Waals surface area contributed by atoms with E-state index in [9.17, 15) is 10.1 Å². The van der Waals surface area contributed by atoms with E-state index in [1.807, 2.05) is 54.6 Å². The van der Waals surface area contributed by atoms with Crippen LogP contribution >= 0.6 is 0 Å². The van der Waals surface area contributed by atoms with Crippen molar-refractivity contribution < 1.29 is 9.53 Å². The third-order valence-electron chi connectivity index (χ3n) is 5.95. The molecular formula is C23H21N5O2. The Balaban J connectivity index is 1.34. The number of amides is 1. The van der Waals surface area contributed by atoms with Crippen LogP contribution in [0.4, 0.5) is 0 Å². The number of hydrogen-bond acceptors (Lipinski definition) is 5. The average molecular weight is 399 g/mol. The second-order valence-corrected chi connectivity index (χ2v) is 7.95. The number of nitriles is 1. The molecule has 1 aliphatic heterocycles. The van der Waals surface area contributed by atoms with Gasteiger partial charge < -0.3 is 15.0 Å². The molecule has 2 aromatic carbocycles. The molecule has 2 fully saturated rings. The zero-order chi connectivity index (χ0) is 20.6. The molecular weight excluding hydrogens is 378 g/mol. The molecule has 1 saturated carbocycles. The topological polar surface area (TPSA) is 94.0 Å². The molecule has 30 heavy (non-hydrogen) atoms. The zero-order valence-electron chi connectivity index (χ0n) is 16.3. The van der Waals surface area contributed by atoms with E-state index in [0.717, 1.165) is 30.7 Å². The van der Waals surface area contributed by atoms with Gasteiger partial charge in [0.25, 0.3) is 5.91 Å². The maximum Gasteiger partial charge on any atom is 0.272 e. The average Bonchev–Trinajstić information content (AvgIpc) is 3.23. The van der Waals surface area contributed by atoms with Crippen LogP contribution in [0.15, 0.2) is 60.7 Å². The van der Waals surface area contributed by atoms with Crippen molar-refractivity contribution in [3.63, 3.8) is 0 Å². The monoisotopic (exact) mass is 399 g/mol. The Morgan fingerprint density at radius 2 is 1.97 bits per heavy atom. The van der Waals surface area contributed by atoms with Crippen LogP contribution in [0.3, 0.4) is 0 Å². The Labute approximate surface area is 174 Å². The number of rotatable bonds is 5. The summed E-state index contributed by atoms with van der Waals surface area (Å²) in [6, 6.07) is 18.9. The number of carbonyl (C=O) groups excluding carboxylic acids is 1. The van der Waals surface area contributed by atoms with Crippen molar-refractivity contribution in [2.45, 2.75) is 18.9 Å². The van der Waals surface area contributed by atoms with Crippen molar-refractivity contribution in [3.8, 4) is 28.9 Å². The lowest BCUT2D eigenvalue weighted by Gasteiger charge is -2.17. The number of nitrogens with zero attached hydrogens (tertiary/aromatic N) is 3. The van der Waals surface area contributed by atoms with E-state index in [2.05, 4.69) is 21.7 Å². The number of benzene rings is 2. The van der Waals surface area contributed by atoms with Gasteiger partial charge >= 0.3 is 0 Å². The lowest BCUT2D eigenvalue weighted by atomic mass is 10.0. The highest BCUT2D eigenvalue weighted by molar-refractivity contribution is 5.94. The number of nitrogens with one attached hydrogen (secondary N) is 2. The van der Waals surface area contributed by atoms with Crippen molar-refractivity contribution in [2.24, 2.45) is 5.41 Å². The fourth-order valence-corrected chi connectivity index (χ4v) is 4.11. The lowest BCUT2D eigenvalue weighted by Crippen LogP contribution is -2.41. The quantitative estimate of drug-likeness (QED) is 0.640. The van der Waals surface area contributed by atoms with Crippen LogP contribution in [0.5, 0.6) is 11.5 Å². The van der Waals surface area contributed by atoms with E-state index in [-0.39, 0.29) is 17.4 Å². The van der Waals surface area contributed by atoms with E-state index in [0.29, 0.717) is 23.7 Å².